The summed E-state index contributed by atoms with van der Waals surface area (Å²) >= 11 is 0. The molecule has 0 spiro atoms. The van der Waals surface area contributed by atoms with Crippen LogP contribution in [0.15, 0.2) is 41.6 Å². The number of fused-ring (bicyclic) bond motifs is 1. The molecule has 1 saturated heterocycles. The molecule has 1 heterocycles. The van der Waals surface area contributed by atoms with E-state index in [-0.39, 0.29) is 17.2 Å². The summed E-state index contributed by atoms with van der Waals surface area (Å²) in [4.78, 5) is 27.5. The summed E-state index contributed by atoms with van der Waals surface area (Å²) in [5.41, 5.74) is 3.29. The monoisotopic (exact) mass is 341 g/mol. The molecule has 1 aliphatic carbocycles. The highest BCUT2D eigenvalue weighted by Gasteiger charge is 2.54. The summed E-state index contributed by atoms with van der Waals surface area (Å²) in [6.45, 7) is 6.86. The maximum Gasteiger partial charge on any atom is 0.318 e. The highest BCUT2D eigenvalue weighted by atomic mass is 16.5. The number of esters is 1. The Balaban J connectivity index is 2.09. The summed E-state index contributed by atoms with van der Waals surface area (Å²) in [5.74, 6) is -1.34. The van der Waals surface area contributed by atoms with Crippen molar-refractivity contribution in [2.75, 3.05) is 7.11 Å². The van der Waals surface area contributed by atoms with Gasteiger partial charge in [0.2, 0.25) is 5.91 Å². The number of ether oxygens (including phenoxy) is 1. The van der Waals surface area contributed by atoms with E-state index in [1.165, 1.54) is 12.7 Å². The molecule has 0 N–H and O–H groups in total. The molecule has 25 heavy (non-hydrogen) atoms. The van der Waals surface area contributed by atoms with E-state index in [1.807, 2.05) is 42.2 Å². The zero-order valence-corrected chi connectivity index (χ0v) is 15.5. The van der Waals surface area contributed by atoms with Gasteiger partial charge in [0.25, 0.3) is 0 Å². The Morgan fingerprint density at radius 2 is 2.00 bits per heavy atom. The summed E-state index contributed by atoms with van der Waals surface area (Å²) in [6.07, 6.45) is 3.10. The molecule has 2 aliphatic rings. The van der Waals surface area contributed by atoms with Crippen LogP contribution >= 0.6 is 0 Å². The van der Waals surface area contributed by atoms with Gasteiger partial charge in [-0.2, -0.15) is 0 Å². The highest BCUT2D eigenvalue weighted by Crippen LogP contribution is 2.53. The second-order valence-corrected chi connectivity index (χ2v) is 7.60. The third kappa shape index (κ3) is 2.88. The fourth-order valence-corrected chi connectivity index (χ4v) is 4.64. The number of likely N-dealkylation sites (tertiary alicyclic amines) is 1. The number of benzene rings is 1. The minimum absolute atomic E-state index is 0.0651. The SMILES string of the molecule is COC(=O)[C@@H]1C(=O)N(Cc2ccccc2)C2=C(C)CCC[C@@]2(C)[C@@H]1C. The summed E-state index contributed by atoms with van der Waals surface area (Å²) in [5, 5.41) is 0. The Labute approximate surface area is 149 Å². The van der Waals surface area contributed by atoms with Crippen LogP contribution < -0.4 is 0 Å². The fraction of sp³-hybridized carbons (Fsp3) is 0.524. The quantitative estimate of drug-likeness (QED) is 0.618. The molecule has 134 valence electrons. The van der Waals surface area contributed by atoms with Gasteiger partial charge in [-0.3, -0.25) is 9.59 Å². The largest absolute Gasteiger partial charge is 0.468 e. The van der Waals surface area contributed by atoms with Gasteiger partial charge in [0.15, 0.2) is 0 Å². The molecule has 3 atom stereocenters. The Kier molecular flexibility index (Phi) is 4.72. The topological polar surface area (TPSA) is 46.6 Å². The normalized spacial score (nSPS) is 29.4. The zero-order valence-electron chi connectivity index (χ0n) is 15.5. The molecule has 0 bridgehead atoms. The summed E-state index contributed by atoms with van der Waals surface area (Å²) in [6, 6.07) is 9.97. The van der Waals surface area contributed by atoms with Gasteiger partial charge in [-0.1, -0.05) is 49.8 Å². The number of hydrogen-bond donors (Lipinski definition) is 0. The lowest BCUT2D eigenvalue weighted by atomic mass is 9.60. The first-order chi connectivity index (χ1) is 11.9. The first-order valence-corrected chi connectivity index (χ1v) is 9.03. The van der Waals surface area contributed by atoms with E-state index in [2.05, 4.69) is 13.8 Å². The fourth-order valence-electron chi connectivity index (χ4n) is 4.64. The summed E-state index contributed by atoms with van der Waals surface area (Å²) in [7, 11) is 1.36. The van der Waals surface area contributed by atoms with Crippen molar-refractivity contribution in [1.82, 2.24) is 4.90 Å². The van der Waals surface area contributed by atoms with Crippen molar-refractivity contribution in [2.24, 2.45) is 17.3 Å². The molecule has 4 heteroatoms. The zero-order chi connectivity index (χ0) is 18.2. The van der Waals surface area contributed by atoms with Crippen molar-refractivity contribution in [2.45, 2.75) is 46.6 Å². The number of rotatable bonds is 3. The van der Waals surface area contributed by atoms with E-state index in [1.54, 1.807) is 0 Å². The van der Waals surface area contributed by atoms with Crippen LogP contribution in [0.1, 0.15) is 45.6 Å². The van der Waals surface area contributed by atoms with Crippen LogP contribution in [0.3, 0.4) is 0 Å². The molecule has 4 nitrogen and oxygen atoms in total. The van der Waals surface area contributed by atoms with Gasteiger partial charge >= 0.3 is 5.97 Å². The molecule has 1 fully saturated rings. The van der Waals surface area contributed by atoms with E-state index in [4.69, 9.17) is 4.74 Å². The van der Waals surface area contributed by atoms with Crippen LogP contribution in [0.2, 0.25) is 0 Å². The Morgan fingerprint density at radius 1 is 1.32 bits per heavy atom. The smallest absolute Gasteiger partial charge is 0.318 e. The molecule has 1 amide bonds. The maximum absolute atomic E-state index is 13.3. The lowest BCUT2D eigenvalue weighted by Crippen LogP contribution is -2.56. The molecule has 1 aliphatic heterocycles. The molecule has 0 saturated carbocycles. The van der Waals surface area contributed by atoms with Gasteiger partial charge in [0.05, 0.1) is 13.7 Å². The summed E-state index contributed by atoms with van der Waals surface area (Å²) < 4.78 is 4.98. The number of allylic oxidation sites excluding steroid dienone is 2. The minimum Gasteiger partial charge on any atom is -0.468 e. The van der Waals surface area contributed by atoms with Gasteiger partial charge < -0.3 is 9.64 Å². The Hall–Kier alpha value is -2.10. The van der Waals surface area contributed by atoms with Gasteiger partial charge in [0, 0.05) is 11.1 Å². The van der Waals surface area contributed by atoms with Crippen LogP contribution in [-0.4, -0.2) is 23.9 Å². The van der Waals surface area contributed by atoms with Gasteiger partial charge in [0.1, 0.15) is 5.92 Å². The van der Waals surface area contributed by atoms with Crippen LogP contribution in [0.4, 0.5) is 0 Å². The van der Waals surface area contributed by atoms with Crippen LogP contribution in [0.25, 0.3) is 0 Å². The van der Waals surface area contributed by atoms with Crippen molar-refractivity contribution in [3.63, 3.8) is 0 Å². The van der Waals surface area contributed by atoms with Crippen LogP contribution in [0, 0.1) is 17.3 Å². The van der Waals surface area contributed by atoms with E-state index in [0.717, 1.165) is 30.5 Å². The highest BCUT2D eigenvalue weighted by molar-refractivity contribution is 6.00. The van der Waals surface area contributed by atoms with Crippen LogP contribution in [0.5, 0.6) is 0 Å². The first-order valence-electron chi connectivity index (χ1n) is 9.03. The number of piperidine rings is 1. The number of amides is 1. The number of nitrogens with zero attached hydrogens (tertiary/aromatic N) is 1. The van der Waals surface area contributed by atoms with Crippen molar-refractivity contribution < 1.29 is 14.3 Å². The van der Waals surface area contributed by atoms with Crippen LogP contribution in [-0.2, 0) is 20.9 Å². The molecule has 3 rings (SSSR count). The van der Waals surface area contributed by atoms with E-state index < -0.39 is 11.9 Å². The molecule has 1 aromatic rings. The van der Waals surface area contributed by atoms with E-state index >= 15 is 0 Å². The minimum atomic E-state index is -0.728. The van der Waals surface area contributed by atoms with Gasteiger partial charge in [-0.05, 0) is 37.7 Å². The lowest BCUT2D eigenvalue weighted by molar-refractivity contribution is -0.162. The molecular formula is C21H27NO3. The van der Waals surface area contributed by atoms with E-state index in [0.29, 0.717) is 6.54 Å². The predicted octanol–water partition coefficient (Wildman–Crippen LogP) is 3.92. The molecule has 0 aromatic heterocycles. The number of carbonyl (C=O) groups is 2. The molecule has 1 aromatic carbocycles. The van der Waals surface area contributed by atoms with Crippen molar-refractivity contribution in [3.8, 4) is 0 Å². The average molecular weight is 341 g/mol. The van der Waals surface area contributed by atoms with Crippen molar-refractivity contribution in [1.29, 1.82) is 0 Å². The Morgan fingerprint density at radius 3 is 2.64 bits per heavy atom. The molecular weight excluding hydrogens is 314 g/mol. The predicted molar refractivity (Wildman–Crippen MR) is 96.3 cm³/mol. The third-order valence-corrected chi connectivity index (χ3v) is 6.14. The average Bonchev–Trinajstić information content (AvgIpc) is 2.60. The second-order valence-electron chi connectivity index (χ2n) is 7.60. The lowest BCUT2D eigenvalue weighted by Gasteiger charge is -2.52. The molecule has 0 unspecified atom stereocenters. The van der Waals surface area contributed by atoms with E-state index in [9.17, 15) is 9.59 Å². The van der Waals surface area contributed by atoms with Crippen molar-refractivity contribution in [3.05, 3.63) is 47.2 Å². The maximum atomic E-state index is 13.3. The number of carbonyl (C=O) groups excluding carboxylic acids is 2. The van der Waals surface area contributed by atoms with Gasteiger partial charge in [-0.25, -0.2) is 0 Å². The van der Waals surface area contributed by atoms with Crippen molar-refractivity contribution >= 4 is 11.9 Å². The Bertz CT molecular complexity index is 709. The van der Waals surface area contributed by atoms with Gasteiger partial charge in [-0.15, -0.1) is 0 Å². The standard InChI is InChI=1S/C21H27NO3/c1-14-9-8-12-21(3)15(2)17(20(24)25-4)19(23)22(18(14)21)13-16-10-6-5-7-11-16/h5-7,10-11,15,17H,8-9,12-13H2,1-4H3/t15-,17+,21+/m1/s1. The number of hydrogen-bond acceptors (Lipinski definition) is 3. The first kappa shape index (κ1) is 17.7. The second kappa shape index (κ2) is 6.66. The molecule has 0 radical (unpaired) electrons. The number of methoxy groups -OCH3 is 1. The third-order valence-electron chi connectivity index (χ3n) is 6.14.